The van der Waals surface area contributed by atoms with Gasteiger partial charge in [-0.15, -0.1) is 0 Å². The summed E-state index contributed by atoms with van der Waals surface area (Å²) < 4.78 is 98.1. The van der Waals surface area contributed by atoms with E-state index in [2.05, 4.69) is 0 Å². The van der Waals surface area contributed by atoms with Crippen molar-refractivity contribution in [2.75, 3.05) is 0 Å². The molecule has 0 bridgehead atoms. The van der Waals surface area contributed by atoms with Crippen LogP contribution in [-0.2, 0) is 5.41 Å². The highest BCUT2D eigenvalue weighted by molar-refractivity contribution is 5.94. The zero-order chi connectivity index (χ0) is 30.0. The Morgan fingerprint density at radius 3 is 0.927 bits per heavy atom. The quantitative estimate of drug-likeness (QED) is 0.156. The van der Waals surface area contributed by atoms with Crippen LogP contribution in [0.4, 0.5) is 26.3 Å². The standard InChI is InChI=1S/C31H22F6O4/c1-19(38)21-3-11-25(12-4-21)40-27-15-7-23(8-16-27)29(30(32,33)34,31(35,36)37)24-9-17-28(18-10-24)41-26-13-5-22(6-14-26)20(2)39/h3-18H,1-2H3. The minimum absolute atomic E-state index is 0.00196. The largest absolute Gasteiger partial charge is 0.457 e. The first-order valence-corrected chi connectivity index (χ1v) is 12.1. The summed E-state index contributed by atoms with van der Waals surface area (Å²) in [5.41, 5.74) is -5.62. The fourth-order valence-electron chi connectivity index (χ4n) is 4.32. The number of alkyl halides is 6. The summed E-state index contributed by atoms with van der Waals surface area (Å²) in [5.74, 6) is 0.127. The van der Waals surface area contributed by atoms with Crippen LogP contribution in [0.25, 0.3) is 0 Å². The van der Waals surface area contributed by atoms with Crippen molar-refractivity contribution < 1.29 is 45.4 Å². The molecule has 0 aliphatic heterocycles. The second-order valence-corrected chi connectivity index (χ2v) is 9.16. The molecule has 0 saturated heterocycles. The molecule has 212 valence electrons. The highest BCUT2D eigenvalue weighted by Crippen LogP contribution is 2.56. The molecule has 0 heterocycles. The Morgan fingerprint density at radius 1 is 0.463 bits per heavy atom. The van der Waals surface area contributed by atoms with Crippen molar-refractivity contribution in [3.8, 4) is 23.0 Å². The van der Waals surface area contributed by atoms with Crippen LogP contribution in [0, 0.1) is 0 Å². The molecule has 0 unspecified atom stereocenters. The van der Waals surface area contributed by atoms with Gasteiger partial charge in [-0.2, -0.15) is 26.3 Å². The lowest BCUT2D eigenvalue weighted by Gasteiger charge is -2.38. The number of carbonyl (C=O) groups is 2. The average Bonchev–Trinajstić information content (AvgIpc) is 2.90. The molecule has 41 heavy (non-hydrogen) atoms. The van der Waals surface area contributed by atoms with Gasteiger partial charge in [0.25, 0.3) is 0 Å². The summed E-state index contributed by atoms with van der Waals surface area (Å²) in [6.45, 7) is 2.75. The molecule has 10 heteroatoms. The molecule has 4 rings (SSSR count). The molecular formula is C31H22F6O4. The Labute approximate surface area is 231 Å². The van der Waals surface area contributed by atoms with Gasteiger partial charge in [-0.05, 0) is 97.8 Å². The Kier molecular flexibility index (Phi) is 7.96. The van der Waals surface area contributed by atoms with Crippen molar-refractivity contribution in [1.82, 2.24) is 0 Å². The van der Waals surface area contributed by atoms with Crippen LogP contribution in [0.2, 0.25) is 0 Å². The number of ketones is 2. The van der Waals surface area contributed by atoms with Crippen molar-refractivity contribution >= 4 is 11.6 Å². The van der Waals surface area contributed by atoms with E-state index in [9.17, 15) is 35.9 Å². The van der Waals surface area contributed by atoms with E-state index >= 15 is 0 Å². The second kappa shape index (κ2) is 11.1. The molecule has 4 aromatic carbocycles. The van der Waals surface area contributed by atoms with Gasteiger partial charge in [0.05, 0.1) is 0 Å². The maximum Gasteiger partial charge on any atom is 0.411 e. The smallest absolute Gasteiger partial charge is 0.411 e. The number of carbonyl (C=O) groups excluding carboxylic acids is 2. The summed E-state index contributed by atoms with van der Waals surface area (Å²) in [4.78, 5) is 22.8. The first-order valence-electron chi connectivity index (χ1n) is 12.1. The van der Waals surface area contributed by atoms with E-state index in [-0.39, 0.29) is 34.6 Å². The fourth-order valence-corrected chi connectivity index (χ4v) is 4.32. The third-order valence-corrected chi connectivity index (χ3v) is 6.42. The molecule has 0 atom stereocenters. The normalized spacial score (nSPS) is 12.1. The van der Waals surface area contributed by atoms with Gasteiger partial charge in [0.1, 0.15) is 23.0 Å². The maximum atomic E-state index is 14.5. The van der Waals surface area contributed by atoms with Gasteiger partial charge in [0.15, 0.2) is 11.6 Å². The third kappa shape index (κ3) is 5.96. The van der Waals surface area contributed by atoms with Gasteiger partial charge in [-0.1, -0.05) is 24.3 Å². The molecule has 0 fully saturated rings. The second-order valence-electron chi connectivity index (χ2n) is 9.16. The van der Waals surface area contributed by atoms with Crippen molar-refractivity contribution in [3.05, 3.63) is 119 Å². The lowest BCUT2D eigenvalue weighted by Crippen LogP contribution is -2.54. The van der Waals surface area contributed by atoms with E-state index in [1.54, 1.807) is 0 Å². The van der Waals surface area contributed by atoms with Gasteiger partial charge >= 0.3 is 12.4 Å². The van der Waals surface area contributed by atoms with Crippen molar-refractivity contribution in [2.45, 2.75) is 31.6 Å². The topological polar surface area (TPSA) is 52.6 Å². The van der Waals surface area contributed by atoms with Crippen LogP contribution >= 0.6 is 0 Å². The van der Waals surface area contributed by atoms with Gasteiger partial charge < -0.3 is 9.47 Å². The molecule has 4 nitrogen and oxygen atoms in total. The van der Waals surface area contributed by atoms with Crippen LogP contribution < -0.4 is 9.47 Å². The SMILES string of the molecule is CC(=O)c1ccc(Oc2ccc(C(c3ccc(Oc4ccc(C(C)=O)cc4)cc3)(C(F)(F)F)C(F)(F)F)cc2)cc1. The molecule has 0 N–H and O–H groups in total. The first-order chi connectivity index (χ1) is 19.2. The number of benzene rings is 4. The molecule has 0 amide bonds. The molecule has 4 aromatic rings. The van der Waals surface area contributed by atoms with Crippen molar-refractivity contribution in [2.24, 2.45) is 0 Å². The average molecular weight is 573 g/mol. The minimum Gasteiger partial charge on any atom is -0.457 e. The van der Waals surface area contributed by atoms with Gasteiger partial charge in [-0.3, -0.25) is 9.59 Å². The lowest BCUT2D eigenvalue weighted by molar-refractivity contribution is -0.288. The fraction of sp³-hybridized carbons (Fsp3) is 0.161. The monoisotopic (exact) mass is 572 g/mol. The summed E-state index contributed by atoms with van der Waals surface area (Å²) >= 11 is 0. The zero-order valence-electron chi connectivity index (χ0n) is 21.6. The number of ether oxygens (including phenoxy) is 2. The van der Waals surface area contributed by atoms with E-state index in [0.29, 0.717) is 11.1 Å². The molecule has 0 aliphatic carbocycles. The van der Waals surface area contributed by atoms with Crippen LogP contribution in [0.5, 0.6) is 23.0 Å². The predicted octanol–water partition coefficient (Wildman–Crippen LogP) is 9.09. The summed E-state index contributed by atoms with van der Waals surface area (Å²) in [6, 6.07) is 18.7. The Hall–Kier alpha value is -4.60. The first kappa shape index (κ1) is 29.4. The van der Waals surface area contributed by atoms with Gasteiger partial charge in [0, 0.05) is 11.1 Å². The van der Waals surface area contributed by atoms with Crippen LogP contribution in [-0.4, -0.2) is 23.9 Å². The molecule has 0 spiro atoms. The number of halogens is 6. The van der Waals surface area contributed by atoms with E-state index in [1.807, 2.05) is 0 Å². The van der Waals surface area contributed by atoms with E-state index in [0.717, 1.165) is 48.5 Å². The van der Waals surface area contributed by atoms with Crippen LogP contribution in [0.3, 0.4) is 0 Å². The van der Waals surface area contributed by atoms with Crippen molar-refractivity contribution in [1.29, 1.82) is 0 Å². The van der Waals surface area contributed by atoms with E-state index in [4.69, 9.17) is 9.47 Å². The molecular weight excluding hydrogens is 550 g/mol. The zero-order valence-corrected chi connectivity index (χ0v) is 21.6. The number of hydrogen-bond acceptors (Lipinski definition) is 4. The number of hydrogen-bond donors (Lipinski definition) is 0. The summed E-state index contributed by atoms with van der Waals surface area (Å²) in [7, 11) is 0. The van der Waals surface area contributed by atoms with Gasteiger partial charge in [-0.25, -0.2) is 0 Å². The van der Waals surface area contributed by atoms with E-state index < -0.39 is 28.9 Å². The van der Waals surface area contributed by atoms with Crippen molar-refractivity contribution in [3.63, 3.8) is 0 Å². The summed E-state index contributed by atoms with van der Waals surface area (Å²) in [6.07, 6.45) is -11.5. The van der Waals surface area contributed by atoms with E-state index in [1.165, 1.54) is 62.4 Å². The highest BCUT2D eigenvalue weighted by atomic mass is 19.4. The van der Waals surface area contributed by atoms with Crippen LogP contribution in [0.15, 0.2) is 97.1 Å². The molecule has 0 saturated carbocycles. The molecule has 0 aliphatic rings. The lowest BCUT2D eigenvalue weighted by atomic mass is 9.73. The Balaban J connectivity index is 1.67. The Morgan fingerprint density at radius 2 is 0.707 bits per heavy atom. The third-order valence-electron chi connectivity index (χ3n) is 6.42. The van der Waals surface area contributed by atoms with Gasteiger partial charge in [0.2, 0.25) is 5.41 Å². The predicted molar refractivity (Wildman–Crippen MR) is 139 cm³/mol. The maximum absolute atomic E-state index is 14.5. The summed E-state index contributed by atoms with van der Waals surface area (Å²) in [5, 5.41) is 0. The molecule has 0 radical (unpaired) electrons. The minimum atomic E-state index is -5.76. The Bertz CT molecular complexity index is 1400. The number of rotatable bonds is 8. The number of Topliss-reactive ketones (excluding diaryl/α,β-unsaturated/α-hetero) is 2. The van der Waals surface area contributed by atoms with Crippen LogP contribution in [0.1, 0.15) is 45.7 Å². The molecule has 0 aromatic heterocycles. The highest BCUT2D eigenvalue weighted by Gasteiger charge is 2.72.